The van der Waals surface area contributed by atoms with Crippen molar-refractivity contribution in [2.75, 3.05) is 0 Å². The van der Waals surface area contributed by atoms with Crippen LogP contribution in [0.15, 0.2) is 18.5 Å². The van der Waals surface area contributed by atoms with Gasteiger partial charge in [-0.1, -0.05) is 5.46 Å². The van der Waals surface area contributed by atoms with Crippen LogP contribution in [0, 0.1) is 11.3 Å². The summed E-state index contributed by atoms with van der Waals surface area (Å²) in [5, 5.41) is 8.31. The Morgan fingerprint density at radius 2 is 2.08 bits per heavy atom. The van der Waals surface area contributed by atoms with Crippen LogP contribution in [0.3, 0.4) is 0 Å². The Kier molecular flexibility index (Phi) is 2.04. The Morgan fingerprint density at radius 3 is 2.50 bits per heavy atom. The number of pyridine rings is 1. The predicted octanol–water partition coefficient (Wildman–Crippen LogP) is 1.01. The van der Waals surface area contributed by atoms with Gasteiger partial charge in [0.25, 0.3) is 0 Å². The van der Waals surface area contributed by atoms with E-state index in [9.17, 15) is 12.9 Å². The second kappa shape index (κ2) is 2.85. The van der Waals surface area contributed by atoms with E-state index in [0.717, 1.165) is 12.3 Å². The van der Waals surface area contributed by atoms with Crippen molar-refractivity contribution in [3.8, 4) is 6.07 Å². The molecule has 0 aliphatic heterocycles. The molecule has 2 nitrogen and oxygen atoms in total. The van der Waals surface area contributed by atoms with Gasteiger partial charge in [0.1, 0.15) is 0 Å². The first-order chi connectivity index (χ1) is 5.55. The molecule has 1 aromatic heterocycles. The van der Waals surface area contributed by atoms with Crippen LogP contribution in [0.25, 0.3) is 0 Å². The standard InChI is InChI=1S/C6H3BF3N2/c8-7(9,10)6-4-12-2-1-5(6)3-11/h1-2,4H/q-1. The molecule has 1 aromatic rings. The van der Waals surface area contributed by atoms with Gasteiger partial charge >= 0.3 is 6.98 Å². The minimum atomic E-state index is -5.12. The molecule has 0 saturated carbocycles. The second-order valence-electron chi connectivity index (χ2n) is 2.15. The maximum atomic E-state index is 12.1. The normalized spacial score (nSPS) is 10.8. The van der Waals surface area contributed by atoms with Gasteiger partial charge < -0.3 is 12.9 Å². The van der Waals surface area contributed by atoms with Gasteiger partial charge in [-0.2, -0.15) is 5.26 Å². The molecule has 1 rings (SSSR count). The fourth-order valence-corrected chi connectivity index (χ4v) is 0.769. The predicted molar refractivity (Wildman–Crippen MR) is 37.7 cm³/mol. The van der Waals surface area contributed by atoms with Crippen molar-refractivity contribution in [3.05, 3.63) is 24.0 Å². The van der Waals surface area contributed by atoms with Crippen LogP contribution in [0.1, 0.15) is 5.56 Å². The van der Waals surface area contributed by atoms with E-state index in [1.807, 2.05) is 0 Å². The van der Waals surface area contributed by atoms with Crippen LogP contribution < -0.4 is 5.46 Å². The summed E-state index contributed by atoms with van der Waals surface area (Å²) in [6.07, 6.45) is 1.82. The zero-order valence-corrected chi connectivity index (χ0v) is 5.84. The first kappa shape index (κ1) is 8.59. The summed E-state index contributed by atoms with van der Waals surface area (Å²) < 4.78 is 36.3. The van der Waals surface area contributed by atoms with Gasteiger partial charge in [0.15, 0.2) is 0 Å². The van der Waals surface area contributed by atoms with Gasteiger partial charge in [0.05, 0.1) is 6.07 Å². The highest BCUT2D eigenvalue weighted by molar-refractivity contribution is 6.74. The number of aromatic nitrogens is 1. The van der Waals surface area contributed by atoms with Crippen molar-refractivity contribution in [2.24, 2.45) is 0 Å². The lowest BCUT2D eigenvalue weighted by Gasteiger charge is -2.14. The average Bonchev–Trinajstić information content (AvgIpc) is 2.03. The number of hydrogen-bond donors (Lipinski definition) is 0. The monoisotopic (exact) mass is 171 g/mol. The third-order valence-corrected chi connectivity index (χ3v) is 1.32. The Morgan fingerprint density at radius 1 is 1.42 bits per heavy atom. The molecule has 0 bridgehead atoms. The van der Waals surface area contributed by atoms with Gasteiger partial charge in [0.2, 0.25) is 0 Å². The highest BCUT2D eigenvalue weighted by Gasteiger charge is 2.28. The van der Waals surface area contributed by atoms with Gasteiger partial charge in [-0.25, -0.2) is 0 Å². The maximum Gasteiger partial charge on any atom is 0.512 e. The lowest BCUT2D eigenvalue weighted by atomic mass is 9.78. The molecule has 12 heavy (non-hydrogen) atoms. The topological polar surface area (TPSA) is 36.7 Å². The zero-order valence-electron chi connectivity index (χ0n) is 5.84. The minimum Gasteiger partial charge on any atom is -0.445 e. The smallest absolute Gasteiger partial charge is 0.445 e. The summed E-state index contributed by atoms with van der Waals surface area (Å²) in [7, 11) is 0. The SMILES string of the molecule is N#Cc1ccncc1[B-](F)(F)F. The number of rotatable bonds is 1. The molecule has 0 spiro atoms. The van der Waals surface area contributed by atoms with E-state index in [1.54, 1.807) is 0 Å². The van der Waals surface area contributed by atoms with Crippen molar-refractivity contribution in [1.82, 2.24) is 4.98 Å². The van der Waals surface area contributed by atoms with Crippen molar-refractivity contribution < 1.29 is 12.9 Å². The minimum absolute atomic E-state index is 0.377. The first-order valence-electron chi connectivity index (χ1n) is 3.09. The van der Waals surface area contributed by atoms with E-state index in [-0.39, 0.29) is 5.56 Å². The molecule has 0 aromatic carbocycles. The van der Waals surface area contributed by atoms with E-state index >= 15 is 0 Å². The largest absolute Gasteiger partial charge is 0.512 e. The molecule has 0 unspecified atom stereocenters. The maximum absolute atomic E-state index is 12.1. The van der Waals surface area contributed by atoms with Crippen LogP contribution in [0.4, 0.5) is 12.9 Å². The van der Waals surface area contributed by atoms with E-state index in [2.05, 4.69) is 4.98 Å². The summed E-state index contributed by atoms with van der Waals surface area (Å²) >= 11 is 0. The van der Waals surface area contributed by atoms with Crippen LogP contribution in [-0.2, 0) is 0 Å². The summed E-state index contributed by atoms with van der Waals surface area (Å²) in [4.78, 5) is 3.30. The van der Waals surface area contributed by atoms with Crippen molar-refractivity contribution >= 4 is 12.4 Å². The summed E-state index contributed by atoms with van der Waals surface area (Å²) in [5.41, 5.74) is -1.31. The fourth-order valence-electron chi connectivity index (χ4n) is 0.769. The third kappa shape index (κ3) is 1.56. The molecule has 6 heteroatoms. The second-order valence-corrected chi connectivity index (χ2v) is 2.15. The van der Waals surface area contributed by atoms with Crippen molar-refractivity contribution in [1.29, 1.82) is 5.26 Å². The van der Waals surface area contributed by atoms with E-state index < -0.39 is 12.4 Å². The van der Waals surface area contributed by atoms with Crippen LogP contribution in [0.5, 0.6) is 0 Å². The van der Waals surface area contributed by atoms with E-state index in [4.69, 9.17) is 5.26 Å². The molecule has 0 aliphatic rings. The summed E-state index contributed by atoms with van der Waals surface area (Å²) in [5.74, 6) is 0. The molecule has 0 saturated heterocycles. The van der Waals surface area contributed by atoms with Crippen LogP contribution in [0.2, 0.25) is 0 Å². The Hall–Kier alpha value is -1.51. The quantitative estimate of drug-likeness (QED) is 0.591. The first-order valence-corrected chi connectivity index (χ1v) is 3.09. The molecule has 62 valence electrons. The third-order valence-electron chi connectivity index (χ3n) is 1.32. The Labute approximate surface area is 66.7 Å². The molecule has 0 radical (unpaired) electrons. The van der Waals surface area contributed by atoms with Crippen molar-refractivity contribution in [3.63, 3.8) is 0 Å². The highest BCUT2D eigenvalue weighted by atomic mass is 19.4. The molecular formula is C6H3BF3N2-. The van der Waals surface area contributed by atoms with E-state index in [1.165, 1.54) is 6.07 Å². The highest BCUT2D eigenvalue weighted by Crippen LogP contribution is 2.10. The summed E-state index contributed by atoms with van der Waals surface area (Å²) in [6, 6.07) is 2.50. The Balaban J connectivity index is 3.26. The molecule has 0 atom stereocenters. The number of halogens is 3. The number of nitriles is 1. The lowest BCUT2D eigenvalue weighted by Crippen LogP contribution is -2.36. The summed E-state index contributed by atoms with van der Waals surface area (Å²) in [6.45, 7) is -5.12. The Bertz CT molecular complexity index is 328. The molecule has 1 heterocycles. The zero-order chi connectivity index (χ0) is 9.19. The molecule has 0 N–H and O–H groups in total. The van der Waals surface area contributed by atoms with Gasteiger partial charge in [-0.15, -0.1) is 0 Å². The number of hydrogen-bond acceptors (Lipinski definition) is 2. The number of nitrogens with zero attached hydrogens (tertiary/aromatic N) is 2. The molecule has 0 amide bonds. The molecule has 0 fully saturated rings. The van der Waals surface area contributed by atoms with Crippen LogP contribution in [-0.4, -0.2) is 12.0 Å². The van der Waals surface area contributed by atoms with E-state index in [0.29, 0.717) is 6.20 Å². The molecular weight excluding hydrogens is 168 g/mol. The van der Waals surface area contributed by atoms with Gasteiger partial charge in [-0.3, -0.25) is 4.98 Å². The molecule has 0 aliphatic carbocycles. The van der Waals surface area contributed by atoms with Crippen LogP contribution >= 0.6 is 0 Å². The average molecular weight is 171 g/mol. The fraction of sp³-hybridized carbons (Fsp3) is 0. The lowest BCUT2D eigenvalue weighted by molar-refractivity contribution is 0.500. The van der Waals surface area contributed by atoms with Gasteiger partial charge in [0, 0.05) is 18.0 Å². The van der Waals surface area contributed by atoms with Gasteiger partial charge in [-0.05, 0) is 6.07 Å². The van der Waals surface area contributed by atoms with Crippen molar-refractivity contribution in [2.45, 2.75) is 0 Å².